The minimum atomic E-state index is 0.356. The van der Waals surface area contributed by atoms with Crippen molar-refractivity contribution in [2.75, 3.05) is 21.3 Å². The summed E-state index contributed by atoms with van der Waals surface area (Å²) in [7, 11) is 4.65. The largest absolute Gasteiger partial charge is 0.493 e. The van der Waals surface area contributed by atoms with Crippen molar-refractivity contribution in [3.05, 3.63) is 47.6 Å². The van der Waals surface area contributed by atoms with Gasteiger partial charge in [-0.1, -0.05) is 17.3 Å². The molecule has 3 aromatic rings. The van der Waals surface area contributed by atoms with Gasteiger partial charge in [0.25, 0.3) is 0 Å². The normalized spacial score (nSPS) is 10.4. The average Bonchev–Trinajstić information content (AvgIpc) is 3.16. The molecule has 3 rings (SSSR count). The van der Waals surface area contributed by atoms with Crippen molar-refractivity contribution < 1.29 is 18.7 Å². The van der Waals surface area contributed by atoms with Crippen molar-refractivity contribution in [1.82, 2.24) is 5.16 Å². The predicted molar refractivity (Wildman–Crippen MR) is 92.5 cm³/mol. The molecule has 128 valence electrons. The van der Waals surface area contributed by atoms with E-state index in [2.05, 4.69) is 10.3 Å². The number of ether oxygens (including phenoxy) is 3. The van der Waals surface area contributed by atoms with E-state index in [-0.39, 0.29) is 0 Å². The Labute approximate surface area is 144 Å². The highest BCUT2D eigenvalue weighted by molar-refractivity contribution is 5.82. The number of hydrogen-bond acceptors (Lipinski definition) is 7. The first-order valence-electron chi connectivity index (χ1n) is 7.40. The molecule has 0 bridgehead atoms. The van der Waals surface area contributed by atoms with E-state index < -0.39 is 0 Å². The van der Waals surface area contributed by atoms with Crippen molar-refractivity contribution in [2.24, 2.45) is 5.18 Å². The Morgan fingerprint density at radius 1 is 0.920 bits per heavy atom. The van der Waals surface area contributed by atoms with Gasteiger partial charge in [0.05, 0.1) is 21.3 Å². The van der Waals surface area contributed by atoms with Crippen molar-refractivity contribution in [1.29, 1.82) is 0 Å². The molecule has 0 N–H and O–H groups in total. The standard InChI is InChI=1S/C18H16N2O5/c1-22-15-8-12(9-16(23-2)18(15)24-3)17-14(10-25-20-17)11-4-6-13(19-21)7-5-11/h4-10H,1-3H3. The first kappa shape index (κ1) is 16.5. The number of nitrogens with zero attached hydrogens (tertiary/aromatic N) is 2. The van der Waals surface area contributed by atoms with E-state index in [0.29, 0.717) is 28.6 Å². The van der Waals surface area contributed by atoms with Crippen LogP contribution in [-0.2, 0) is 0 Å². The van der Waals surface area contributed by atoms with Crippen LogP contribution in [0.3, 0.4) is 0 Å². The van der Waals surface area contributed by atoms with Gasteiger partial charge in [0, 0.05) is 11.1 Å². The molecule has 1 heterocycles. The lowest BCUT2D eigenvalue weighted by molar-refractivity contribution is 0.324. The third kappa shape index (κ3) is 3.03. The van der Waals surface area contributed by atoms with Gasteiger partial charge in [-0.15, -0.1) is 4.91 Å². The smallest absolute Gasteiger partial charge is 0.203 e. The van der Waals surface area contributed by atoms with Crippen molar-refractivity contribution in [3.63, 3.8) is 0 Å². The monoisotopic (exact) mass is 340 g/mol. The highest BCUT2D eigenvalue weighted by atomic mass is 16.5. The number of methoxy groups -OCH3 is 3. The first-order chi connectivity index (χ1) is 12.2. The maximum atomic E-state index is 10.6. The number of nitroso groups, excluding NO2 is 1. The lowest BCUT2D eigenvalue weighted by atomic mass is 10.0. The first-order valence-corrected chi connectivity index (χ1v) is 7.40. The molecule has 0 aliphatic carbocycles. The summed E-state index contributed by atoms with van der Waals surface area (Å²) in [6.45, 7) is 0. The highest BCUT2D eigenvalue weighted by Crippen LogP contribution is 2.42. The van der Waals surface area contributed by atoms with Gasteiger partial charge in [-0.3, -0.25) is 0 Å². The molecular formula is C18H16N2O5. The van der Waals surface area contributed by atoms with E-state index in [1.54, 1.807) is 64.0 Å². The van der Waals surface area contributed by atoms with Crippen molar-refractivity contribution in [3.8, 4) is 39.6 Å². The van der Waals surface area contributed by atoms with E-state index in [9.17, 15) is 4.91 Å². The minimum absolute atomic E-state index is 0.356. The molecule has 0 saturated carbocycles. The highest BCUT2D eigenvalue weighted by Gasteiger charge is 2.19. The van der Waals surface area contributed by atoms with Crippen molar-refractivity contribution in [2.45, 2.75) is 0 Å². The van der Waals surface area contributed by atoms with Gasteiger partial charge in [0.2, 0.25) is 5.75 Å². The van der Waals surface area contributed by atoms with Crippen LogP contribution in [0.1, 0.15) is 0 Å². The summed E-state index contributed by atoms with van der Waals surface area (Å²) in [5.74, 6) is 1.54. The molecule has 0 atom stereocenters. The summed E-state index contributed by atoms with van der Waals surface area (Å²) in [6.07, 6.45) is 1.54. The maximum absolute atomic E-state index is 10.6. The summed E-state index contributed by atoms with van der Waals surface area (Å²) in [6, 6.07) is 10.4. The van der Waals surface area contributed by atoms with E-state index in [0.717, 1.165) is 16.7 Å². The molecule has 0 aliphatic heterocycles. The van der Waals surface area contributed by atoms with Crippen LogP contribution in [0.2, 0.25) is 0 Å². The lowest BCUT2D eigenvalue weighted by Crippen LogP contribution is -1.96. The molecule has 0 saturated heterocycles. The SMILES string of the molecule is COc1cc(-c2nocc2-c2ccc(N=O)cc2)cc(OC)c1OC. The summed E-state index contributed by atoms with van der Waals surface area (Å²) in [5, 5.41) is 7.00. The second-order valence-corrected chi connectivity index (χ2v) is 5.13. The van der Waals surface area contributed by atoms with Crippen LogP contribution in [0.25, 0.3) is 22.4 Å². The zero-order valence-electron chi connectivity index (χ0n) is 14.0. The Kier molecular flexibility index (Phi) is 4.65. The predicted octanol–water partition coefficient (Wildman–Crippen LogP) is 4.43. The number of aromatic nitrogens is 1. The van der Waals surface area contributed by atoms with Crippen LogP contribution >= 0.6 is 0 Å². The molecule has 2 aromatic carbocycles. The topological polar surface area (TPSA) is 83.2 Å². The van der Waals surface area contributed by atoms with Crippen LogP contribution in [-0.4, -0.2) is 26.5 Å². The van der Waals surface area contributed by atoms with Gasteiger partial charge < -0.3 is 18.7 Å². The fraction of sp³-hybridized carbons (Fsp3) is 0.167. The molecule has 7 nitrogen and oxygen atoms in total. The summed E-state index contributed by atoms with van der Waals surface area (Å²) in [5.41, 5.74) is 3.33. The van der Waals surface area contributed by atoms with Crippen molar-refractivity contribution >= 4 is 5.69 Å². The van der Waals surface area contributed by atoms with Crippen LogP contribution in [0, 0.1) is 4.91 Å². The molecule has 1 aromatic heterocycles. The molecule has 0 aliphatic rings. The quantitative estimate of drug-likeness (QED) is 0.617. The summed E-state index contributed by atoms with van der Waals surface area (Å²) >= 11 is 0. The Balaban J connectivity index is 2.11. The fourth-order valence-corrected chi connectivity index (χ4v) is 2.57. The van der Waals surface area contributed by atoms with Crippen LogP contribution in [0.4, 0.5) is 5.69 Å². The number of hydrogen-bond donors (Lipinski definition) is 0. The molecule has 0 unspecified atom stereocenters. The molecule has 0 amide bonds. The van der Waals surface area contributed by atoms with Crippen LogP contribution in [0.15, 0.2) is 52.4 Å². The molecule has 7 heteroatoms. The Morgan fingerprint density at radius 2 is 1.56 bits per heavy atom. The average molecular weight is 340 g/mol. The molecular weight excluding hydrogens is 324 g/mol. The van der Waals surface area contributed by atoms with Gasteiger partial charge in [-0.2, -0.15) is 0 Å². The second kappa shape index (κ2) is 7.04. The zero-order valence-corrected chi connectivity index (χ0v) is 14.0. The third-order valence-electron chi connectivity index (χ3n) is 3.79. The Bertz CT molecular complexity index is 862. The lowest BCUT2D eigenvalue weighted by Gasteiger charge is -2.13. The van der Waals surface area contributed by atoms with Gasteiger partial charge in [-0.05, 0) is 35.0 Å². The van der Waals surface area contributed by atoms with Gasteiger partial charge in [0.1, 0.15) is 17.6 Å². The van der Waals surface area contributed by atoms with Gasteiger partial charge in [-0.25, -0.2) is 0 Å². The van der Waals surface area contributed by atoms with E-state index >= 15 is 0 Å². The zero-order chi connectivity index (χ0) is 17.8. The number of benzene rings is 2. The maximum Gasteiger partial charge on any atom is 0.203 e. The summed E-state index contributed by atoms with van der Waals surface area (Å²) in [4.78, 5) is 10.6. The fourth-order valence-electron chi connectivity index (χ4n) is 2.57. The molecule has 0 spiro atoms. The van der Waals surface area contributed by atoms with Crippen LogP contribution < -0.4 is 14.2 Å². The summed E-state index contributed by atoms with van der Waals surface area (Å²) < 4.78 is 21.3. The van der Waals surface area contributed by atoms with Crippen LogP contribution in [0.5, 0.6) is 17.2 Å². The van der Waals surface area contributed by atoms with E-state index in [1.165, 1.54) is 0 Å². The molecule has 0 radical (unpaired) electrons. The van der Waals surface area contributed by atoms with E-state index in [4.69, 9.17) is 18.7 Å². The molecule has 25 heavy (non-hydrogen) atoms. The Hall–Kier alpha value is -3.35. The minimum Gasteiger partial charge on any atom is -0.493 e. The Morgan fingerprint density at radius 3 is 2.08 bits per heavy atom. The third-order valence-corrected chi connectivity index (χ3v) is 3.79. The second-order valence-electron chi connectivity index (χ2n) is 5.13. The van der Waals surface area contributed by atoms with E-state index in [1.807, 2.05) is 0 Å². The number of rotatable bonds is 6. The molecule has 0 fully saturated rings. The van der Waals surface area contributed by atoms with Gasteiger partial charge in [0.15, 0.2) is 11.5 Å². The van der Waals surface area contributed by atoms with Gasteiger partial charge >= 0.3 is 0 Å².